The highest BCUT2D eigenvalue weighted by atomic mass is 16.2. The molecule has 0 spiro atoms. The van der Waals surface area contributed by atoms with Crippen LogP contribution in [0.5, 0.6) is 0 Å². The first-order valence-electron chi connectivity index (χ1n) is 8.29. The number of amides is 1. The van der Waals surface area contributed by atoms with Crippen LogP contribution in [0.15, 0.2) is 30.3 Å². The molecule has 1 aliphatic heterocycles. The zero-order valence-corrected chi connectivity index (χ0v) is 12.9. The molecule has 114 valence electrons. The number of rotatable bonds is 3. The van der Waals surface area contributed by atoms with Crippen LogP contribution in [0.2, 0.25) is 0 Å². The van der Waals surface area contributed by atoms with Gasteiger partial charge in [-0.25, -0.2) is 0 Å². The molecule has 2 atom stereocenters. The number of benzene rings is 1. The Morgan fingerprint density at radius 2 is 1.90 bits per heavy atom. The van der Waals surface area contributed by atoms with Gasteiger partial charge in [0.25, 0.3) is 0 Å². The van der Waals surface area contributed by atoms with Crippen molar-refractivity contribution in [1.82, 2.24) is 10.6 Å². The molecule has 0 aromatic heterocycles. The second kappa shape index (κ2) is 6.18. The molecule has 2 unspecified atom stereocenters. The minimum atomic E-state index is -0.338. The summed E-state index contributed by atoms with van der Waals surface area (Å²) >= 11 is 0. The Hall–Kier alpha value is -1.35. The van der Waals surface area contributed by atoms with Crippen molar-refractivity contribution in [2.24, 2.45) is 5.92 Å². The van der Waals surface area contributed by atoms with Gasteiger partial charge < -0.3 is 10.6 Å². The number of carbonyl (C=O) groups excluding carboxylic acids is 1. The Bertz CT molecular complexity index is 479. The van der Waals surface area contributed by atoms with Gasteiger partial charge in [0.2, 0.25) is 5.91 Å². The van der Waals surface area contributed by atoms with Crippen LogP contribution in [0, 0.1) is 5.92 Å². The quantitative estimate of drug-likeness (QED) is 0.897. The van der Waals surface area contributed by atoms with E-state index >= 15 is 0 Å². The second-order valence-electron chi connectivity index (χ2n) is 6.69. The lowest BCUT2D eigenvalue weighted by molar-refractivity contribution is -0.128. The van der Waals surface area contributed by atoms with Gasteiger partial charge >= 0.3 is 0 Å². The average molecular weight is 286 g/mol. The van der Waals surface area contributed by atoms with Crippen molar-refractivity contribution in [2.45, 2.75) is 50.5 Å². The standard InChI is InChI=1S/C18H26N2O/c1-14-6-5-9-16(14)20-17(21)18(10-12-19-13-11-18)15-7-3-2-4-8-15/h2-4,7-8,14,16,19H,5-6,9-13H2,1H3,(H,20,21). The van der Waals surface area contributed by atoms with Crippen LogP contribution >= 0.6 is 0 Å². The molecule has 1 aliphatic carbocycles. The molecule has 1 saturated heterocycles. The Labute approximate surface area is 127 Å². The third-order valence-corrected chi connectivity index (χ3v) is 5.40. The smallest absolute Gasteiger partial charge is 0.230 e. The van der Waals surface area contributed by atoms with E-state index in [1.807, 2.05) is 18.2 Å². The highest BCUT2D eigenvalue weighted by molar-refractivity contribution is 5.88. The van der Waals surface area contributed by atoms with Crippen LogP contribution in [-0.4, -0.2) is 25.0 Å². The molecule has 0 radical (unpaired) electrons. The molecule has 3 heteroatoms. The maximum absolute atomic E-state index is 13.1. The summed E-state index contributed by atoms with van der Waals surface area (Å²) in [6.07, 6.45) is 5.40. The third-order valence-electron chi connectivity index (χ3n) is 5.40. The second-order valence-corrected chi connectivity index (χ2v) is 6.69. The van der Waals surface area contributed by atoms with Crippen LogP contribution in [0.25, 0.3) is 0 Å². The normalized spacial score (nSPS) is 28.2. The molecule has 1 aromatic rings. The average Bonchev–Trinajstić information content (AvgIpc) is 2.94. The zero-order valence-electron chi connectivity index (χ0n) is 12.9. The van der Waals surface area contributed by atoms with Gasteiger partial charge in [-0.05, 0) is 50.3 Å². The Morgan fingerprint density at radius 1 is 1.19 bits per heavy atom. The topological polar surface area (TPSA) is 41.1 Å². The predicted octanol–water partition coefficient (Wildman–Crippen LogP) is 2.61. The first-order chi connectivity index (χ1) is 10.2. The molecule has 1 heterocycles. The molecule has 2 fully saturated rings. The highest BCUT2D eigenvalue weighted by Crippen LogP contribution is 2.35. The summed E-state index contributed by atoms with van der Waals surface area (Å²) in [7, 11) is 0. The van der Waals surface area contributed by atoms with Crippen molar-refractivity contribution in [3.05, 3.63) is 35.9 Å². The first kappa shape index (κ1) is 14.6. The van der Waals surface area contributed by atoms with Gasteiger partial charge in [-0.2, -0.15) is 0 Å². The van der Waals surface area contributed by atoms with E-state index in [4.69, 9.17) is 0 Å². The Balaban J connectivity index is 1.83. The van der Waals surface area contributed by atoms with Crippen molar-refractivity contribution in [3.63, 3.8) is 0 Å². The van der Waals surface area contributed by atoms with E-state index in [1.54, 1.807) is 0 Å². The number of hydrogen-bond acceptors (Lipinski definition) is 2. The van der Waals surface area contributed by atoms with E-state index in [2.05, 4.69) is 29.7 Å². The van der Waals surface area contributed by atoms with Crippen LogP contribution in [-0.2, 0) is 10.2 Å². The Morgan fingerprint density at radius 3 is 2.52 bits per heavy atom. The van der Waals surface area contributed by atoms with E-state index in [9.17, 15) is 4.79 Å². The Kier molecular flexibility index (Phi) is 4.29. The van der Waals surface area contributed by atoms with Gasteiger partial charge in [0, 0.05) is 6.04 Å². The lowest BCUT2D eigenvalue weighted by Crippen LogP contribution is -2.53. The van der Waals surface area contributed by atoms with Gasteiger partial charge in [0.1, 0.15) is 0 Å². The summed E-state index contributed by atoms with van der Waals surface area (Å²) in [5.41, 5.74) is 0.837. The minimum Gasteiger partial charge on any atom is -0.352 e. The van der Waals surface area contributed by atoms with E-state index in [-0.39, 0.29) is 11.3 Å². The van der Waals surface area contributed by atoms with Gasteiger partial charge in [0.15, 0.2) is 0 Å². The van der Waals surface area contributed by atoms with Crippen molar-refractivity contribution in [1.29, 1.82) is 0 Å². The zero-order chi connectivity index (χ0) is 14.7. The van der Waals surface area contributed by atoms with Gasteiger partial charge in [-0.3, -0.25) is 4.79 Å². The largest absolute Gasteiger partial charge is 0.352 e. The summed E-state index contributed by atoms with van der Waals surface area (Å²) in [6.45, 7) is 4.10. The minimum absolute atomic E-state index is 0.244. The predicted molar refractivity (Wildman–Crippen MR) is 85.2 cm³/mol. The highest BCUT2D eigenvalue weighted by Gasteiger charge is 2.42. The number of nitrogens with one attached hydrogen (secondary N) is 2. The van der Waals surface area contributed by atoms with Gasteiger partial charge in [-0.15, -0.1) is 0 Å². The fourth-order valence-corrected chi connectivity index (χ4v) is 3.92. The molecule has 1 aromatic carbocycles. The lowest BCUT2D eigenvalue weighted by Gasteiger charge is -2.38. The maximum atomic E-state index is 13.1. The van der Waals surface area contributed by atoms with E-state index < -0.39 is 0 Å². The third kappa shape index (κ3) is 2.84. The number of hydrogen-bond donors (Lipinski definition) is 2. The molecule has 2 N–H and O–H groups in total. The molecule has 3 rings (SSSR count). The fourth-order valence-electron chi connectivity index (χ4n) is 3.92. The summed E-state index contributed by atoms with van der Waals surface area (Å²) in [5.74, 6) is 0.859. The first-order valence-corrected chi connectivity index (χ1v) is 8.29. The van der Waals surface area contributed by atoms with E-state index in [0.717, 1.165) is 32.4 Å². The SMILES string of the molecule is CC1CCCC1NC(=O)C1(c2ccccc2)CCNCC1. The summed E-state index contributed by atoms with van der Waals surface area (Å²) in [6, 6.07) is 10.7. The molecule has 2 aliphatic rings. The summed E-state index contributed by atoms with van der Waals surface area (Å²) < 4.78 is 0. The molecule has 1 amide bonds. The molecule has 3 nitrogen and oxygen atoms in total. The van der Waals surface area contributed by atoms with Crippen LogP contribution in [0.1, 0.15) is 44.6 Å². The fraction of sp³-hybridized carbons (Fsp3) is 0.611. The van der Waals surface area contributed by atoms with E-state index in [1.165, 1.54) is 18.4 Å². The summed E-state index contributed by atoms with van der Waals surface area (Å²) in [5, 5.41) is 6.76. The lowest BCUT2D eigenvalue weighted by atomic mass is 9.72. The maximum Gasteiger partial charge on any atom is 0.230 e. The van der Waals surface area contributed by atoms with Crippen molar-refractivity contribution >= 4 is 5.91 Å². The van der Waals surface area contributed by atoms with Crippen LogP contribution in [0.4, 0.5) is 0 Å². The number of piperidine rings is 1. The molecule has 1 saturated carbocycles. The molecule has 0 bridgehead atoms. The number of carbonyl (C=O) groups is 1. The van der Waals surface area contributed by atoms with Crippen molar-refractivity contribution in [2.75, 3.05) is 13.1 Å². The van der Waals surface area contributed by atoms with Crippen LogP contribution < -0.4 is 10.6 Å². The molecular weight excluding hydrogens is 260 g/mol. The van der Waals surface area contributed by atoms with E-state index in [0.29, 0.717) is 12.0 Å². The summed E-state index contributed by atoms with van der Waals surface area (Å²) in [4.78, 5) is 13.1. The molecular formula is C18H26N2O. The van der Waals surface area contributed by atoms with Gasteiger partial charge in [0.05, 0.1) is 5.41 Å². The van der Waals surface area contributed by atoms with Crippen LogP contribution in [0.3, 0.4) is 0 Å². The molecule has 21 heavy (non-hydrogen) atoms. The van der Waals surface area contributed by atoms with Crippen molar-refractivity contribution in [3.8, 4) is 0 Å². The van der Waals surface area contributed by atoms with Gasteiger partial charge in [-0.1, -0.05) is 43.7 Å². The van der Waals surface area contributed by atoms with Crippen molar-refractivity contribution < 1.29 is 4.79 Å². The monoisotopic (exact) mass is 286 g/mol.